The molecule has 5 heteroatoms. The number of thiophene rings is 1. The Morgan fingerprint density at radius 3 is 2.77 bits per heavy atom. The van der Waals surface area contributed by atoms with Crippen LogP contribution in [0.4, 0.5) is 10.5 Å². The van der Waals surface area contributed by atoms with Crippen LogP contribution in [0.25, 0.3) is 11.1 Å². The number of carbonyl (C=O) groups is 1. The Hall–Kier alpha value is -2.66. The highest BCUT2D eigenvalue weighted by Crippen LogP contribution is 2.25. The van der Waals surface area contributed by atoms with Crippen LogP contribution in [0.2, 0.25) is 0 Å². The molecule has 0 aliphatic carbocycles. The molecule has 1 aromatic carbocycles. The molecule has 0 saturated carbocycles. The van der Waals surface area contributed by atoms with Crippen LogP contribution >= 0.6 is 11.3 Å². The van der Waals surface area contributed by atoms with Gasteiger partial charge in [-0.3, -0.25) is 4.98 Å². The number of para-hydroxylation sites is 1. The molecule has 0 aliphatic heterocycles. The highest BCUT2D eigenvalue weighted by Gasteiger charge is 2.07. The lowest BCUT2D eigenvalue weighted by molar-refractivity contribution is 0.252. The van der Waals surface area contributed by atoms with Crippen molar-refractivity contribution in [3.63, 3.8) is 0 Å². The predicted octanol–water partition coefficient (Wildman–Crippen LogP) is 4.13. The number of hydrogen-bond acceptors (Lipinski definition) is 3. The lowest BCUT2D eigenvalue weighted by Crippen LogP contribution is -2.28. The van der Waals surface area contributed by atoms with Gasteiger partial charge in [-0.1, -0.05) is 18.2 Å². The van der Waals surface area contributed by atoms with Gasteiger partial charge in [0, 0.05) is 24.6 Å². The van der Waals surface area contributed by atoms with Gasteiger partial charge in [-0.2, -0.15) is 11.3 Å². The maximum absolute atomic E-state index is 11.9. The minimum atomic E-state index is -0.230. The molecule has 2 aromatic heterocycles. The van der Waals surface area contributed by atoms with Gasteiger partial charge in [0.1, 0.15) is 0 Å². The fraction of sp³-hybridized carbons (Fsp3) is 0.0588. The number of nitrogens with zero attached hydrogens (tertiary/aromatic N) is 1. The third kappa shape index (κ3) is 3.51. The third-order valence-corrected chi connectivity index (χ3v) is 3.89. The van der Waals surface area contributed by atoms with Gasteiger partial charge in [-0.15, -0.1) is 0 Å². The number of rotatable bonds is 4. The molecule has 0 spiro atoms. The Balaban J connectivity index is 1.66. The van der Waals surface area contributed by atoms with E-state index in [9.17, 15) is 4.79 Å². The van der Waals surface area contributed by atoms with Crippen molar-refractivity contribution in [1.82, 2.24) is 10.3 Å². The maximum atomic E-state index is 11.9. The van der Waals surface area contributed by atoms with Crippen LogP contribution < -0.4 is 10.6 Å². The molecule has 4 nitrogen and oxygen atoms in total. The van der Waals surface area contributed by atoms with Crippen LogP contribution in [-0.4, -0.2) is 11.0 Å². The smallest absolute Gasteiger partial charge is 0.319 e. The Bertz CT molecular complexity index is 742. The molecule has 2 N–H and O–H groups in total. The van der Waals surface area contributed by atoms with Crippen LogP contribution in [0.15, 0.2) is 65.6 Å². The SMILES string of the molecule is O=C(NCc1cnccc1-c1ccsc1)Nc1ccccc1. The van der Waals surface area contributed by atoms with E-state index in [0.717, 1.165) is 22.4 Å². The average molecular weight is 309 g/mol. The number of hydrogen-bond donors (Lipinski definition) is 2. The Morgan fingerprint density at radius 1 is 1.14 bits per heavy atom. The van der Waals surface area contributed by atoms with E-state index in [-0.39, 0.29) is 6.03 Å². The van der Waals surface area contributed by atoms with E-state index in [4.69, 9.17) is 0 Å². The summed E-state index contributed by atoms with van der Waals surface area (Å²) in [5.41, 5.74) is 4.00. The summed E-state index contributed by atoms with van der Waals surface area (Å²) >= 11 is 1.65. The molecule has 0 atom stereocenters. The van der Waals surface area contributed by atoms with Gasteiger partial charge < -0.3 is 10.6 Å². The molecule has 3 aromatic rings. The van der Waals surface area contributed by atoms with E-state index in [2.05, 4.69) is 27.1 Å². The predicted molar refractivity (Wildman–Crippen MR) is 89.9 cm³/mol. The summed E-state index contributed by atoms with van der Waals surface area (Å²) in [6.45, 7) is 0.428. The van der Waals surface area contributed by atoms with E-state index in [0.29, 0.717) is 6.54 Å². The van der Waals surface area contributed by atoms with Crippen molar-refractivity contribution < 1.29 is 4.79 Å². The number of pyridine rings is 1. The van der Waals surface area contributed by atoms with Gasteiger partial charge in [-0.25, -0.2) is 4.79 Å². The molecule has 22 heavy (non-hydrogen) atoms. The monoisotopic (exact) mass is 309 g/mol. The van der Waals surface area contributed by atoms with Crippen molar-refractivity contribution in [2.45, 2.75) is 6.54 Å². The molecule has 0 bridgehead atoms. The zero-order chi connectivity index (χ0) is 15.2. The Labute approximate surface area is 132 Å². The fourth-order valence-corrected chi connectivity index (χ4v) is 2.80. The number of urea groups is 1. The minimum Gasteiger partial charge on any atom is -0.334 e. The summed E-state index contributed by atoms with van der Waals surface area (Å²) in [7, 11) is 0. The number of anilines is 1. The van der Waals surface area contributed by atoms with Crippen LogP contribution in [0, 0.1) is 0 Å². The summed E-state index contributed by atoms with van der Waals surface area (Å²) < 4.78 is 0. The number of amides is 2. The molecular formula is C17H15N3OS. The van der Waals surface area contributed by atoms with Gasteiger partial charge in [0.25, 0.3) is 0 Å². The molecule has 2 amide bonds. The molecular weight excluding hydrogens is 294 g/mol. The molecule has 3 rings (SSSR count). The standard InChI is InChI=1S/C17H15N3OS/c21-17(20-15-4-2-1-3-5-15)19-11-14-10-18-8-6-16(14)13-7-9-22-12-13/h1-10,12H,11H2,(H2,19,20,21). The van der Waals surface area contributed by atoms with Crippen LogP contribution in [0.5, 0.6) is 0 Å². The first-order valence-corrected chi connectivity index (χ1v) is 7.82. The highest BCUT2D eigenvalue weighted by atomic mass is 32.1. The van der Waals surface area contributed by atoms with Crippen molar-refractivity contribution in [3.05, 3.63) is 71.2 Å². The second kappa shape index (κ2) is 6.87. The van der Waals surface area contributed by atoms with Gasteiger partial charge in [0.2, 0.25) is 0 Å². The number of aromatic nitrogens is 1. The Morgan fingerprint density at radius 2 is 2.00 bits per heavy atom. The van der Waals surface area contributed by atoms with Crippen LogP contribution in [0.1, 0.15) is 5.56 Å². The van der Waals surface area contributed by atoms with Crippen LogP contribution in [0.3, 0.4) is 0 Å². The second-order valence-corrected chi connectivity index (χ2v) is 5.50. The average Bonchev–Trinajstić information content (AvgIpc) is 3.08. The van der Waals surface area contributed by atoms with Gasteiger partial charge in [-0.05, 0) is 51.7 Å². The molecule has 0 saturated heterocycles. The first kappa shape index (κ1) is 14.3. The van der Waals surface area contributed by atoms with Gasteiger partial charge in [0.05, 0.1) is 0 Å². The Kier molecular flexibility index (Phi) is 4.46. The zero-order valence-electron chi connectivity index (χ0n) is 11.8. The van der Waals surface area contributed by atoms with Crippen molar-refractivity contribution in [2.75, 3.05) is 5.32 Å². The summed E-state index contributed by atoms with van der Waals surface area (Å²) in [4.78, 5) is 16.1. The van der Waals surface area contributed by atoms with E-state index in [1.54, 1.807) is 23.7 Å². The normalized spacial score (nSPS) is 10.2. The molecule has 0 unspecified atom stereocenters. The van der Waals surface area contributed by atoms with Crippen molar-refractivity contribution in [2.24, 2.45) is 0 Å². The summed E-state index contributed by atoms with van der Waals surface area (Å²) in [6, 6.07) is 13.2. The number of benzene rings is 1. The number of carbonyl (C=O) groups excluding carboxylic acids is 1. The lowest BCUT2D eigenvalue weighted by atomic mass is 10.1. The summed E-state index contributed by atoms with van der Waals surface area (Å²) in [5, 5.41) is 9.78. The second-order valence-electron chi connectivity index (χ2n) is 4.72. The van der Waals surface area contributed by atoms with Gasteiger partial charge >= 0.3 is 6.03 Å². The van der Waals surface area contributed by atoms with Crippen molar-refractivity contribution in [1.29, 1.82) is 0 Å². The molecule has 2 heterocycles. The van der Waals surface area contributed by atoms with E-state index >= 15 is 0 Å². The fourth-order valence-electron chi connectivity index (χ4n) is 2.14. The summed E-state index contributed by atoms with van der Waals surface area (Å²) in [6.07, 6.45) is 3.55. The maximum Gasteiger partial charge on any atom is 0.319 e. The topological polar surface area (TPSA) is 54.0 Å². The molecule has 0 radical (unpaired) electrons. The van der Waals surface area contributed by atoms with E-state index in [1.165, 1.54) is 0 Å². The van der Waals surface area contributed by atoms with Crippen molar-refractivity contribution in [3.8, 4) is 11.1 Å². The largest absolute Gasteiger partial charge is 0.334 e. The minimum absolute atomic E-state index is 0.230. The number of nitrogens with one attached hydrogen (secondary N) is 2. The zero-order valence-corrected chi connectivity index (χ0v) is 12.6. The summed E-state index contributed by atoms with van der Waals surface area (Å²) in [5.74, 6) is 0. The molecule has 0 fully saturated rings. The van der Waals surface area contributed by atoms with E-state index in [1.807, 2.05) is 41.8 Å². The van der Waals surface area contributed by atoms with Gasteiger partial charge in [0.15, 0.2) is 0 Å². The van der Waals surface area contributed by atoms with Crippen molar-refractivity contribution >= 4 is 23.1 Å². The highest BCUT2D eigenvalue weighted by molar-refractivity contribution is 7.08. The molecule has 0 aliphatic rings. The quantitative estimate of drug-likeness (QED) is 0.761. The first-order valence-electron chi connectivity index (χ1n) is 6.88. The first-order chi connectivity index (χ1) is 10.8. The lowest BCUT2D eigenvalue weighted by Gasteiger charge is -2.10. The molecule has 110 valence electrons. The van der Waals surface area contributed by atoms with E-state index < -0.39 is 0 Å². The van der Waals surface area contributed by atoms with Crippen LogP contribution in [-0.2, 0) is 6.54 Å². The third-order valence-electron chi connectivity index (χ3n) is 3.21.